The fourth-order valence-corrected chi connectivity index (χ4v) is 3.32. The summed E-state index contributed by atoms with van der Waals surface area (Å²) in [5.74, 6) is 0. The average molecular weight is 282 g/mol. The van der Waals surface area contributed by atoms with E-state index in [1.807, 2.05) is 0 Å². The maximum absolute atomic E-state index is 3.54. The Labute approximate surface area is 107 Å². The molecule has 88 valence electrons. The van der Waals surface area contributed by atoms with Gasteiger partial charge in [-0.05, 0) is 55.8 Å². The van der Waals surface area contributed by atoms with E-state index in [1.54, 1.807) is 0 Å². The second-order valence-electron chi connectivity index (χ2n) is 5.35. The number of halogens is 1. The highest BCUT2D eigenvalue weighted by molar-refractivity contribution is 9.10. The highest BCUT2D eigenvalue weighted by Crippen LogP contribution is 2.40. The molecule has 0 aliphatic heterocycles. The minimum absolute atomic E-state index is 0.481. The second-order valence-corrected chi connectivity index (χ2v) is 6.26. The summed E-state index contributed by atoms with van der Waals surface area (Å²) in [5.41, 5.74) is 1.93. The predicted molar refractivity (Wildman–Crippen MR) is 72.7 cm³/mol. The van der Waals surface area contributed by atoms with Crippen molar-refractivity contribution >= 4 is 15.9 Å². The Morgan fingerprint density at radius 3 is 2.94 bits per heavy atom. The normalized spacial score (nSPS) is 29.6. The van der Waals surface area contributed by atoms with E-state index in [0.29, 0.717) is 5.41 Å². The zero-order valence-electron chi connectivity index (χ0n) is 10.1. The van der Waals surface area contributed by atoms with E-state index in [1.165, 1.54) is 35.7 Å². The third-order valence-corrected chi connectivity index (χ3v) is 4.26. The molecule has 0 heterocycles. The highest BCUT2D eigenvalue weighted by atomic mass is 79.9. The Morgan fingerprint density at radius 1 is 1.50 bits per heavy atom. The summed E-state index contributed by atoms with van der Waals surface area (Å²) in [6.45, 7) is 2.42. The molecule has 16 heavy (non-hydrogen) atoms. The Bertz CT molecular complexity index is 364. The van der Waals surface area contributed by atoms with E-state index in [2.05, 4.69) is 59.5 Å². The molecule has 1 aliphatic carbocycles. The van der Waals surface area contributed by atoms with Crippen LogP contribution in [0.3, 0.4) is 0 Å². The van der Waals surface area contributed by atoms with Gasteiger partial charge in [-0.25, -0.2) is 0 Å². The topological polar surface area (TPSA) is 12.0 Å². The van der Waals surface area contributed by atoms with Crippen LogP contribution in [0, 0.1) is 5.41 Å². The van der Waals surface area contributed by atoms with Crippen LogP contribution in [-0.2, 0) is 6.42 Å². The van der Waals surface area contributed by atoms with Crippen LogP contribution < -0.4 is 5.32 Å². The van der Waals surface area contributed by atoms with Gasteiger partial charge in [0.1, 0.15) is 0 Å². The van der Waals surface area contributed by atoms with Gasteiger partial charge in [-0.1, -0.05) is 35.0 Å². The van der Waals surface area contributed by atoms with Gasteiger partial charge in [-0.3, -0.25) is 0 Å². The van der Waals surface area contributed by atoms with Crippen LogP contribution in [0.25, 0.3) is 0 Å². The fraction of sp³-hybridized carbons (Fsp3) is 0.571. The third-order valence-electron chi connectivity index (χ3n) is 3.76. The zero-order valence-corrected chi connectivity index (χ0v) is 11.7. The van der Waals surface area contributed by atoms with Crippen molar-refractivity contribution in [1.82, 2.24) is 5.32 Å². The molecule has 2 unspecified atom stereocenters. The van der Waals surface area contributed by atoms with Crippen molar-refractivity contribution in [3.63, 3.8) is 0 Å². The highest BCUT2D eigenvalue weighted by Gasteiger charge is 2.34. The van der Waals surface area contributed by atoms with Gasteiger partial charge in [-0.15, -0.1) is 0 Å². The average Bonchev–Trinajstić information content (AvgIpc) is 2.60. The molecule has 1 aromatic rings. The molecule has 0 aromatic heterocycles. The minimum Gasteiger partial charge on any atom is -0.317 e. The summed E-state index contributed by atoms with van der Waals surface area (Å²) < 4.78 is 1.19. The number of benzene rings is 1. The van der Waals surface area contributed by atoms with Crippen molar-refractivity contribution < 1.29 is 0 Å². The third kappa shape index (κ3) is 2.86. The monoisotopic (exact) mass is 281 g/mol. The van der Waals surface area contributed by atoms with E-state index in [9.17, 15) is 0 Å². The molecule has 2 atom stereocenters. The Kier molecular flexibility index (Phi) is 3.70. The largest absolute Gasteiger partial charge is 0.317 e. The van der Waals surface area contributed by atoms with E-state index in [0.717, 1.165) is 6.04 Å². The summed E-state index contributed by atoms with van der Waals surface area (Å²) >= 11 is 3.54. The zero-order chi connectivity index (χ0) is 11.6. The van der Waals surface area contributed by atoms with Crippen LogP contribution in [0.2, 0.25) is 0 Å². The second kappa shape index (κ2) is 4.89. The first kappa shape index (κ1) is 12.1. The van der Waals surface area contributed by atoms with E-state index < -0.39 is 0 Å². The van der Waals surface area contributed by atoms with Crippen molar-refractivity contribution in [2.45, 2.75) is 38.6 Å². The van der Waals surface area contributed by atoms with Gasteiger partial charge in [0, 0.05) is 10.5 Å². The molecule has 0 spiro atoms. The molecule has 2 heteroatoms. The summed E-state index contributed by atoms with van der Waals surface area (Å²) in [6, 6.07) is 9.43. The standard InChI is InChI=1S/C14H20BrN/c1-14(7-6-13(10-14)16-2)9-11-4-3-5-12(15)8-11/h3-5,8,13,16H,6-7,9-10H2,1-2H3. The van der Waals surface area contributed by atoms with Gasteiger partial charge in [0.15, 0.2) is 0 Å². The molecular formula is C14H20BrN. The van der Waals surface area contributed by atoms with Crippen LogP contribution in [0.15, 0.2) is 28.7 Å². The van der Waals surface area contributed by atoms with Gasteiger partial charge in [0.2, 0.25) is 0 Å². The molecule has 1 fully saturated rings. The van der Waals surface area contributed by atoms with E-state index in [-0.39, 0.29) is 0 Å². The van der Waals surface area contributed by atoms with Crippen molar-refractivity contribution in [1.29, 1.82) is 0 Å². The first-order chi connectivity index (χ1) is 7.61. The predicted octanol–water partition coefficient (Wildman–Crippen LogP) is 3.77. The maximum Gasteiger partial charge on any atom is 0.0177 e. The van der Waals surface area contributed by atoms with Gasteiger partial charge >= 0.3 is 0 Å². The molecule has 2 rings (SSSR count). The summed E-state index contributed by atoms with van der Waals surface area (Å²) in [5, 5.41) is 3.41. The molecule has 1 aromatic carbocycles. The van der Waals surface area contributed by atoms with Gasteiger partial charge in [0.05, 0.1) is 0 Å². The Balaban J connectivity index is 2.04. The van der Waals surface area contributed by atoms with Crippen molar-refractivity contribution in [2.75, 3.05) is 7.05 Å². The van der Waals surface area contributed by atoms with E-state index >= 15 is 0 Å². The van der Waals surface area contributed by atoms with Crippen molar-refractivity contribution in [3.05, 3.63) is 34.3 Å². The first-order valence-corrected chi connectivity index (χ1v) is 6.82. The number of hydrogen-bond donors (Lipinski definition) is 1. The molecule has 1 N–H and O–H groups in total. The van der Waals surface area contributed by atoms with Gasteiger partial charge in [-0.2, -0.15) is 0 Å². The maximum atomic E-state index is 3.54. The molecule has 0 saturated heterocycles. The molecule has 0 amide bonds. The Morgan fingerprint density at radius 2 is 2.31 bits per heavy atom. The molecule has 0 bridgehead atoms. The van der Waals surface area contributed by atoms with Crippen LogP contribution >= 0.6 is 15.9 Å². The van der Waals surface area contributed by atoms with E-state index in [4.69, 9.17) is 0 Å². The molecule has 1 saturated carbocycles. The SMILES string of the molecule is CNC1CCC(C)(Cc2cccc(Br)c2)C1. The lowest BCUT2D eigenvalue weighted by atomic mass is 9.82. The van der Waals surface area contributed by atoms with Gasteiger partial charge in [0.25, 0.3) is 0 Å². The number of nitrogens with one attached hydrogen (secondary N) is 1. The summed E-state index contributed by atoms with van der Waals surface area (Å²) in [7, 11) is 2.08. The van der Waals surface area contributed by atoms with Crippen LogP contribution in [0.4, 0.5) is 0 Å². The van der Waals surface area contributed by atoms with Crippen molar-refractivity contribution in [3.8, 4) is 0 Å². The van der Waals surface area contributed by atoms with Crippen LogP contribution in [0.5, 0.6) is 0 Å². The van der Waals surface area contributed by atoms with Crippen LogP contribution in [0.1, 0.15) is 31.7 Å². The minimum atomic E-state index is 0.481. The number of rotatable bonds is 3. The molecule has 1 aliphatic rings. The lowest BCUT2D eigenvalue weighted by molar-refractivity contribution is 0.324. The lowest BCUT2D eigenvalue weighted by Crippen LogP contribution is -2.24. The molecular weight excluding hydrogens is 262 g/mol. The smallest absolute Gasteiger partial charge is 0.0177 e. The fourth-order valence-electron chi connectivity index (χ4n) is 2.87. The quantitative estimate of drug-likeness (QED) is 0.890. The Hall–Kier alpha value is -0.340. The molecule has 0 radical (unpaired) electrons. The summed E-state index contributed by atoms with van der Waals surface area (Å²) in [4.78, 5) is 0. The summed E-state index contributed by atoms with van der Waals surface area (Å²) in [6.07, 6.45) is 5.16. The lowest BCUT2D eigenvalue weighted by Gasteiger charge is -2.24. The van der Waals surface area contributed by atoms with Crippen molar-refractivity contribution in [2.24, 2.45) is 5.41 Å². The number of hydrogen-bond acceptors (Lipinski definition) is 1. The first-order valence-electron chi connectivity index (χ1n) is 6.03. The molecule has 1 nitrogen and oxygen atoms in total. The van der Waals surface area contributed by atoms with Crippen LogP contribution in [-0.4, -0.2) is 13.1 Å². The van der Waals surface area contributed by atoms with Gasteiger partial charge < -0.3 is 5.32 Å².